The second-order valence-electron chi connectivity index (χ2n) is 5.10. The molecule has 0 radical (unpaired) electrons. The van der Waals surface area contributed by atoms with Gasteiger partial charge in [-0.05, 0) is 54.5 Å². The Kier molecular flexibility index (Phi) is 3.73. The number of hydrogen-bond donors (Lipinski definition) is 0. The van der Waals surface area contributed by atoms with Crippen LogP contribution in [0.25, 0.3) is 11.1 Å². The first kappa shape index (κ1) is 12.2. The van der Waals surface area contributed by atoms with E-state index in [2.05, 4.69) is 47.4 Å². The number of pyridine rings is 1. The van der Waals surface area contributed by atoms with Gasteiger partial charge in [-0.15, -0.1) is 0 Å². The van der Waals surface area contributed by atoms with Crippen LogP contribution in [0, 0.1) is 0 Å². The summed E-state index contributed by atoms with van der Waals surface area (Å²) in [4.78, 5) is 4.56. The molecular formula is C18H19N. The predicted molar refractivity (Wildman–Crippen MR) is 80.6 cm³/mol. The third-order valence-corrected chi connectivity index (χ3v) is 3.81. The summed E-state index contributed by atoms with van der Waals surface area (Å²) in [6, 6.07) is 17.0. The number of allylic oxidation sites excluding steroid dienone is 2. The molecule has 2 aromatic rings. The van der Waals surface area contributed by atoms with Crippen molar-refractivity contribution in [2.45, 2.75) is 32.1 Å². The lowest BCUT2D eigenvalue weighted by atomic mass is 9.94. The Balaban J connectivity index is 2.10. The Bertz CT molecular complexity index is 503. The maximum atomic E-state index is 4.56. The van der Waals surface area contributed by atoms with Gasteiger partial charge in [-0.2, -0.15) is 0 Å². The molecule has 0 aliphatic heterocycles. The number of hydrogen-bond acceptors (Lipinski definition) is 1. The fourth-order valence-electron chi connectivity index (χ4n) is 2.86. The van der Waals surface area contributed by atoms with Crippen LogP contribution in [-0.4, -0.2) is 4.98 Å². The van der Waals surface area contributed by atoms with Gasteiger partial charge < -0.3 is 0 Å². The average Bonchev–Trinajstić information content (AvgIpc) is 2.75. The van der Waals surface area contributed by atoms with Gasteiger partial charge in [0.15, 0.2) is 0 Å². The van der Waals surface area contributed by atoms with Crippen LogP contribution >= 0.6 is 0 Å². The molecule has 0 atom stereocenters. The molecule has 19 heavy (non-hydrogen) atoms. The van der Waals surface area contributed by atoms with E-state index in [1.54, 1.807) is 0 Å². The average molecular weight is 249 g/mol. The van der Waals surface area contributed by atoms with Gasteiger partial charge in [0, 0.05) is 6.20 Å². The third-order valence-electron chi connectivity index (χ3n) is 3.81. The van der Waals surface area contributed by atoms with Crippen LogP contribution < -0.4 is 0 Å². The molecule has 0 spiro atoms. The highest BCUT2D eigenvalue weighted by molar-refractivity contribution is 5.90. The fraction of sp³-hybridized carbons (Fsp3) is 0.278. The molecule has 96 valence electrons. The lowest BCUT2D eigenvalue weighted by molar-refractivity contribution is 0.722. The molecule has 0 saturated carbocycles. The Morgan fingerprint density at radius 3 is 2.16 bits per heavy atom. The van der Waals surface area contributed by atoms with Crippen LogP contribution in [0.3, 0.4) is 0 Å². The van der Waals surface area contributed by atoms with Crippen molar-refractivity contribution < 1.29 is 0 Å². The summed E-state index contributed by atoms with van der Waals surface area (Å²) in [6.45, 7) is 0. The van der Waals surface area contributed by atoms with Crippen molar-refractivity contribution in [2.24, 2.45) is 0 Å². The summed E-state index contributed by atoms with van der Waals surface area (Å²) in [5.41, 5.74) is 5.47. The standard InChI is InChI=1S/C18H19N/c1-3-9-15(10-4-1)16-11-5-2-6-12-17(16)18-13-7-8-14-19-18/h1,3-4,7-10,13-14H,2,5-6,11-12H2. The van der Waals surface area contributed by atoms with E-state index < -0.39 is 0 Å². The van der Waals surface area contributed by atoms with Gasteiger partial charge in [-0.25, -0.2) is 0 Å². The molecule has 1 aliphatic rings. The molecule has 1 aromatic carbocycles. The summed E-state index contributed by atoms with van der Waals surface area (Å²) in [5.74, 6) is 0. The van der Waals surface area contributed by atoms with Crippen LogP contribution in [0.15, 0.2) is 54.7 Å². The molecule has 0 saturated heterocycles. The first-order valence-electron chi connectivity index (χ1n) is 7.14. The van der Waals surface area contributed by atoms with E-state index in [1.165, 1.54) is 42.4 Å². The normalized spacial score (nSPS) is 16.2. The molecule has 1 aliphatic carbocycles. The van der Waals surface area contributed by atoms with Gasteiger partial charge in [0.1, 0.15) is 0 Å². The van der Waals surface area contributed by atoms with Gasteiger partial charge in [-0.1, -0.05) is 42.8 Å². The van der Waals surface area contributed by atoms with Gasteiger partial charge in [0.2, 0.25) is 0 Å². The molecule has 1 aromatic heterocycles. The summed E-state index contributed by atoms with van der Waals surface area (Å²) in [5, 5.41) is 0. The van der Waals surface area contributed by atoms with Crippen molar-refractivity contribution in [3.05, 3.63) is 66.0 Å². The minimum atomic E-state index is 1.15. The second kappa shape index (κ2) is 5.83. The Morgan fingerprint density at radius 1 is 0.684 bits per heavy atom. The largest absolute Gasteiger partial charge is 0.257 e. The van der Waals surface area contributed by atoms with Gasteiger partial charge in [0.05, 0.1) is 5.69 Å². The van der Waals surface area contributed by atoms with Gasteiger partial charge in [0.25, 0.3) is 0 Å². The summed E-state index contributed by atoms with van der Waals surface area (Å²) in [7, 11) is 0. The van der Waals surface area contributed by atoms with Crippen LogP contribution in [0.5, 0.6) is 0 Å². The molecule has 3 rings (SSSR count). The molecule has 1 heterocycles. The van der Waals surface area contributed by atoms with Gasteiger partial charge in [-0.3, -0.25) is 4.98 Å². The first-order chi connectivity index (χ1) is 9.45. The zero-order valence-electron chi connectivity index (χ0n) is 11.2. The third kappa shape index (κ3) is 2.76. The van der Waals surface area contributed by atoms with E-state index in [-0.39, 0.29) is 0 Å². The quantitative estimate of drug-likeness (QED) is 0.733. The van der Waals surface area contributed by atoms with E-state index in [4.69, 9.17) is 0 Å². The highest BCUT2D eigenvalue weighted by Gasteiger charge is 2.15. The maximum absolute atomic E-state index is 4.56. The lowest BCUT2D eigenvalue weighted by Crippen LogP contribution is -1.93. The van der Waals surface area contributed by atoms with Crippen LogP contribution in [0.4, 0.5) is 0 Å². The Morgan fingerprint density at radius 2 is 1.42 bits per heavy atom. The maximum Gasteiger partial charge on any atom is 0.0664 e. The molecule has 0 unspecified atom stereocenters. The summed E-state index contributed by atoms with van der Waals surface area (Å²) < 4.78 is 0. The van der Waals surface area contributed by atoms with E-state index in [0.29, 0.717) is 0 Å². The molecule has 1 nitrogen and oxygen atoms in total. The van der Waals surface area contributed by atoms with Crippen LogP contribution in [-0.2, 0) is 0 Å². The van der Waals surface area contributed by atoms with Crippen molar-refractivity contribution in [1.29, 1.82) is 0 Å². The highest BCUT2D eigenvalue weighted by atomic mass is 14.7. The second-order valence-corrected chi connectivity index (χ2v) is 5.10. The molecule has 0 bridgehead atoms. The SMILES string of the molecule is c1ccc(C2=C(c3ccccn3)CCCCC2)cc1. The predicted octanol–water partition coefficient (Wildman–Crippen LogP) is 4.96. The number of benzene rings is 1. The summed E-state index contributed by atoms with van der Waals surface area (Å²) >= 11 is 0. The number of nitrogens with zero attached hydrogens (tertiary/aromatic N) is 1. The first-order valence-corrected chi connectivity index (χ1v) is 7.14. The van der Waals surface area contributed by atoms with Crippen LogP contribution in [0.1, 0.15) is 43.4 Å². The molecule has 0 amide bonds. The van der Waals surface area contributed by atoms with E-state index >= 15 is 0 Å². The highest BCUT2D eigenvalue weighted by Crippen LogP contribution is 2.35. The Labute approximate surface area is 115 Å². The topological polar surface area (TPSA) is 12.9 Å². The molecular weight excluding hydrogens is 230 g/mol. The van der Waals surface area contributed by atoms with Crippen molar-refractivity contribution in [1.82, 2.24) is 4.98 Å². The fourth-order valence-corrected chi connectivity index (χ4v) is 2.86. The minimum Gasteiger partial charge on any atom is -0.257 e. The molecule has 0 N–H and O–H groups in total. The van der Waals surface area contributed by atoms with Crippen molar-refractivity contribution in [2.75, 3.05) is 0 Å². The monoisotopic (exact) mass is 249 g/mol. The van der Waals surface area contributed by atoms with Crippen molar-refractivity contribution >= 4 is 11.1 Å². The van der Waals surface area contributed by atoms with Crippen LogP contribution in [0.2, 0.25) is 0 Å². The minimum absolute atomic E-state index is 1.15. The molecule has 0 fully saturated rings. The Hall–Kier alpha value is -1.89. The number of aromatic nitrogens is 1. The van der Waals surface area contributed by atoms with E-state index in [1.807, 2.05) is 12.3 Å². The van der Waals surface area contributed by atoms with E-state index in [0.717, 1.165) is 12.1 Å². The van der Waals surface area contributed by atoms with Crippen molar-refractivity contribution in [3.63, 3.8) is 0 Å². The zero-order valence-corrected chi connectivity index (χ0v) is 11.2. The number of rotatable bonds is 2. The zero-order chi connectivity index (χ0) is 12.9. The van der Waals surface area contributed by atoms with Crippen molar-refractivity contribution in [3.8, 4) is 0 Å². The smallest absolute Gasteiger partial charge is 0.0664 e. The van der Waals surface area contributed by atoms with E-state index in [9.17, 15) is 0 Å². The molecule has 1 heteroatoms. The summed E-state index contributed by atoms with van der Waals surface area (Å²) in [6.07, 6.45) is 8.13. The lowest BCUT2D eigenvalue weighted by Gasteiger charge is -2.12. The van der Waals surface area contributed by atoms with Gasteiger partial charge >= 0.3 is 0 Å².